The zero-order valence-electron chi connectivity index (χ0n) is 26.1. The van der Waals surface area contributed by atoms with Gasteiger partial charge in [-0.15, -0.1) is 0 Å². The molecule has 0 atom stereocenters. The largest absolute Gasteiger partial charge is 0.491 e. The lowest BCUT2D eigenvalue weighted by Gasteiger charge is -2.17. The van der Waals surface area contributed by atoms with Gasteiger partial charge >= 0.3 is 0 Å². The van der Waals surface area contributed by atoms with E-state index >= 15 is 0 Å². The Morgan fingerprint density at radius 3 is 1.30 bits per heavy atom. The minimum atomic E-state index is -0.327. The maximum Gasteiger partial charge on any atom is 0.187 e. The van der Waals surface area contributed by atoms with E-state index in [0.717, 1.165) is 31.1 Å². The number of fused-ring (bicyclic) bond motifs is 9. The van der Waals surface area contributed by atoms with Crippen LogP contribution in [-0.2, 0) is 9.47 Å². The lowest BCUT2D eigenvalue weighted by Crippen LogP contribution is -2.13. The van der Waals surface area contributed by atoms with Crippen molar-refractivity contribution in [1.29, 1.82) is 0 Å². The lowest BCUT2D eigenvalue weighted by atomic mass is 9.89. The van der Waals surface area contributed by atoms with Crippen LogP contribution in [0.5, 0.6) is 11.5 Å². The first-order valence-corrected chi connectivity index (χ1v) is 15.9. The zero-order chi connectivity index (χ0) is 32.2. The average molecular weight is 621 g/mol. The molecule has 0 fully saturated rings. The number of hydrogen-bond donors (Lipinski definition) is 0. The molecule has 0 unspecified atom stereocenters. The van der Waals surface area contributed by atoms with Gasteiger partial charge in [0.25, 0.3) is 0 Å². The van der Waals surface area contributed by atoms with Crippen LogP contribution in [0.3, 0.4) is 0 Å². The van der Waals surface area contributed by atoms with Gasteiger partial charge in [0.1, 0.15) is 24.7 Å². The van der Waals surface area contributed by atoms with E-state index in [9.17, 15) is 19.2 Å². The first kappa shape index (κ1) is 31.3. The van der Waals surface area contributed by atoms with Crippen LogP contribution in [0.4, 0.5) is 0 Å². The monoisotopic (exact) mass is 620 g/mol. The van der Waals surface area contributed by atoms with Crippen molar-refractivity contribution >= 4 is 53.9 Å². The molecule has 6 rings (SSSR count). The molecule has 0 saturated heterocycles. The molecule has 6 aromatic rings. The molecule has 0 bridgehead atoms. The second-order valence-electron chi connectivity index (χ2n) is 11.4. The molecule has 8 heteroatoms. The first-order chi connectivity index (χ1) is 22.4. The highest BCUT2D eigenvalue weighted by Crippen LogP contribution is 2.43. The Bertz CT molecular complexity index is 2120. The Morgan fingerprint density at radius 1 is 0.435 bits per heavy atom. The summed E-state index contributed by atoms with van der Waals surface area (Å²) in [5.41, 5.74) is -1.29. The topological polar surface area (TPSA) is 105 Å². The SMILES string of the molecule is CCCCOCCOc1cc2c(=O)ccc(=O)c2c2c1ccc1ccc3c(OCCOCCCC)cc4c(=O)ccc(=O)c4c3c12. The van der Waals surface area contributed by atoms with Gasteiger partial charge in [-0.05, 0) is 72.1 Å². The van der Waals surface area contributed by atoms with E-state index in [2.05, 4.69) is 13.8 Å². The van der Waals surface area contributed by atoms with Crippen molar-refractivity contribution in [2.24, 2.45) is 0 Å². The number of rotatable bonds is 14. The molecule has 46 heavy (non-hydrogen) atoms. The van der Waals surface area contributed by atoms with Crippen LogP contribution in [0.2, 0.25) is 0 Å². The Balaban J connectivity index is 1.66. The lowest BCUT2D eigenvalue weighted by molar-refractivity contribution is 0.0986. The van der Waals surface area contributed by atoms with Crippen molar-refractivity contribution in [2.75, 3.05) is 39.6 Å². The summed E-state index contributed by atoms with van der Waals surface area (Å²) in [7, 11) is 0. The Morgan fingerprint density at radius 2 is 0.870 bits per heavy atom. The highest BCUT2D eigenvalue weighted by atomic mass is 16.5. The highest BCUT2D eigenvalue weighted by molar-refractivity contribution is 6.33. The van der Waals surface area contributed by atoms with Crippen molar-refractivity contribution in [3.05, 3.63) is 102 Å². The highest BCUT2D eigenvalue weighted by Gasteiger charge is 2.21. The molecule has 0 aliphatic carbocycles. The maximum atomic E-state index is 13.5. The first-order valence-electron chi connectivity index (χ1n) is 15.9. The van der Waals surface area contributed by atoms with Crippen molar-refractivity contribution in [2.45, 2.75) is 39.5 Å². The normalized spacial score (nSPS) is 11.8. The van der Waals surface area contributed by atoms with Gasteiger partial charge in [0, 0.05) is 56.3 Å². The van der Waals surface area contributed by atoms with Crippen LogP contribution in [0.1, 0.15) is 39.5 Å². The Kier molecular flexibility index (Phi) is 9.38. The summed E-state index contributed by atoms with van der Waals surface area (Å²) in [6.07, 6.45) is 3.94. The Labute approximate surface area is 264 Å². The van der Waals surface area contributed by atoms with Gasteiger partial charge in [-0.3, -0.25) is 19.2 Å². The Hall–Kier alpha value is -4.66. The quantitative estimate of drug-likeness (QED) is 0.105. The smallest absolute Gasteiger partial charge is 0.187 e. The molecule has 0 amide bonds. The molecule has 0 aliphatic rings. The van der Waals surface area contributed by atoms with Crippen LogP contribution >= 0.6 is 0 Å². The fraction of sp³-hybridized carbons (Fsp3) is 0.316. The van der Waals surface area contributed by atoms with Crippen LogP contribution < -0.4 is 31.2 Å². The van der Waals surface area contributed by atoms with Crippen LogP contribution in [-0.4, -0.2) is 39.6 Å². The van der Waals surface area contributed by atoms with Crippen LogP contribution in [0.15, 0.2) is 79.8 Å². The van der Waals surface area contributed by atoms with E-state index in [1.807, 2.05) is 24.3 Å². The number of unbranched alkanes of at least 4 members (excludes halogenated alkanes) is 2. The second kappa shape index (κ2) is 13.8. The molecule has 0 radical (unpaired) electrons. The summed E-state index contributed by atoms with van der Waals surface area (Å²) in [6, 6.07) is 15.8. The fourth-order valence-corrected chi connectivity index (χ4v) is 6.09. The molecule has 0 heterocycles. The minimum absolute atomic E-state index is 0.221. The molecule has 236 valence electrons. The van der Waals surface area contributed by atoms with Gasteiger partial charge in [-0.2, -0.15) is 0 Å². The standard InChI is InChI=1S/C38H36O8/c1-3-5-15-43-17-19-45-32-21-26-28(39)11-13-30(41)35(26)37-24(32)9-7-23-8-10-25-33(46-20-18-44-16-6-4-2)22-27-29(40)12-14-31(42)36(27)38(25)34(23)37/h7-14,21-22H,3-6,15-20H2,1-2H3. The van der Waals surface area contributed by atoms with E-state index < -0.39 is 0 Å². The van der Waals surface area contributed by atoms with Crippen molar-refractivity contribution in [1.82, 2.24) is 0 Å². The summed E-state index contributed by atoms with van der Waals surface area (Å²) in [6.45, 7) is 6.65. The van der Waals surface area contributed by atoms with Crippen LogP contribution in [0.25, 0.3) is 53.9 Å². The molecule has 0 N–H and O–H groups in total. The summed E-state index contributed by atoms with van der Waals surface area (Å²) < 4.78 is 23.8. The zero-order valence-corrected chi connectivity index (χ0v) is 26.1. The van der Waals surface area contributed by atoms with Gasteiger partial charge in [0.05, 0.1) is 13.2 Å². The van der Waals surface area contributed by atoms with E-state index in [-0.39, 0.29) is 56.5 Å². The summed E-state index contributed by atoms with van der Waals surface area (Å²) in [5, 5.41) is 4.42. The predicted octanol–water partition coefficient (Wildman–Crippen LogP) is 6.16. The van der Waals surface area contributed by atoms with Gasteiger partial charge in [-0.1, -0.05) is 38.8 Å². The second-order valence-corrected chi connectivity index (χ2v) is 11.4. The van der Waals surface area contributed by atoms with E-state index in [0.29, 0.717) is 64.9 Å². The number of benzene rings is 6. The molecule has 6 aromatic carbocycles. The van der Waals surface area contributed by atoms with Gasteiger partial charge in [0.2, 0.25) is 0 Å². The third-order valence-corrected chi connectivity index (χ3v) is 8.36. The number of ether oxygens (including phenoxy) is 4. The molecule has 8 nitrogen and oxygen atoms in total. The minimum Gasteiger partial charge on any atom is -0.491 e. The predicted molar refractivity (Wildman–Crippen MR) is 184 cm³/mol. The number of hydrogen-bond acceptors (Lipinski definition) is 8. The van der Waals surface area contributed by atoms with Crippen LogP contribution in [0, 0.1) is 0 Å². The maximum absolute atomic E-state index is 13.5. The molecular weight excluding hydrogens is 584 g/mol. The van der Waals surface area contributed by atoms with E-state index in [4.69, 9.17) is 18.9 Å². The van der Waals surface area contributed by atoms with Crippen molar-refractivity contribution < 1.29 is 18.9 Å². The molecule has 0 saturated carbocycles. The molecule has 0 aliphatic heterocycles. The molecule has 0 aromatic heterocycles. The van der Waals surface area contributed by atoms with E-state index in [1.165, 1.54) is 24.3 Å². The van der Waals surface area contributed by atoms with E-state index in [1.54, 1.807) is 12.1 Å². The average Bonchev–Trinajstić information content (AvgIpc) is 3.06. The fourth-order valence-electron chi connectivity index (χ4n) is 6.09. The third-order valence-electron chi connectivity index (χ3n) is 8.36. The third kappa shape index (κ3) is 5.86. The van der Waals surface area contributed by atoms with Gasteiger partial charge in [0.15, 0.2) is 21.7 Å². The van der Waals surface area contributed by atoms with Crippen molar-refractivity contribution in [3.63, 3.8) is 0 Å². The van der Waals surface area contributed by atoms with Crippen molar-refractivity contribution in [3.8, 4) is 11.5 Å². The summed E-state index contributed by atoms with van der Waals surface area (Å²) in [5.74, 6) is 0.854. The van der Waals surface area contributed by atoms with Gasteiger partial charge < -0.3 is 18.9 Å². The molecular formula is C38H36O8. The molecule has 0 spiro atoms. The summed E-state index contributed by atoms with van der Waals surface area (Å²) in [4.78, 5) is 53.5. The van der Waals surface area contributed by atoms with Gasteiger partial charge in [-0.25, -0.2) is 0 Å². The summed E-state index contributed by atoms with van der Waals surface area (Å²) >= 11 is 0.